The van der Waals surface area contributed by atoms with Crippen LogP contribution in [0.1, 0.15) is 29.0 Å². The molecule has 6 heteroatoms. The fraction of sp³-hybridized carbons (Fsp3) is 0.211. The number of amides is 1. The monoisotopic (exact) mass is 352 g/mol. The average Bonchev–Trinajstić information content (AvgIpc) is 3.06. The van der Waals surface area contributed by atoms with Crippen LogP contribution in [-0.4, -0.2) is 20.4 Å². The number of anilines is 1. The van der Waals surface area contributed by atoms with Gasteiger partial charge in [-0.3, -0.25) is 4.79 Å². The van der Waals surface area contributed by atoms with Crippen LogP contribution in [-0.2, 0) is 13.0 Å². The van der Waals surface area contributed by atoms with Gasteiger partial charge in [0.1, 0.15) is 11.0 Å². The van der Waals surface area contributed by atoms with E-state index >= 15 is 0 Å². The molecule has 0 saturated carbocycles. The number of carbonyl (C=O) groups is 1. The van der Waals surface area contributed by atoms with Gasteiger partial charge in [0.15, 0.2) is 0 Å². The van der Waals surface area contributed by atoms with Gasteiger partial charge in [-0.1, -0.05) is 23.7 Å². The lowest BCUT2D eigenvalue weighted by Gasteiger charge is -2.11. The van der Waals surface area contributed by atoms with Gasteiger partial charge >= 0.3 is 0 Å². The number of halogens is 1. The summed E-state index contributed by atoms with van der Waals surface area (Å²) >= 11 is 5.85. The van der Waals surface area contributed by atoms with Gasteiger partial charge in [-0.25, -0.2) is 9.97 Å². The summed E-state index contributed by atoms with van der Waals surface area (Å²) in [4.78, 5) is 21.0. The number of imidazole rings is 1. The van der Waals surface area contributed by atoms with Crippen molar-refractivity contribution >= 4 is 23.2 Å². The molecule has 0 unspecified atom stereocenters. The second-order valence-corrected chi connectivity index (χ2v) is 6.48. The smallest absolute Gasteiger partial charge is 0.255 e. The van der Waals surface area contributed by atoms with E-state index in [1.54, 1.807) is 12.1 Å². The zero-order valence-electron chi connectivity index (χ0n) is 13.6. The number of hydrogen-bond acceptors (Lipinski definition) is 3. The third-order valence-corrected chi connectivity index (χ3v) is 4.52. The fourth-order valence-corrected chi connectivity index (χ4v) is 3.23. The first-order chi connectivity index (χ1) is 12.2. The lowest BCUT2D eigenvalue weighted by molar-refractivity contribution is 0.102. The summed E-state index contributed by atoms with van der Waals surface area (Å²) in [5.74, 6) is 0.924. The van der Waals surface area contributed by atoms with E-state index in [1.165, 1.54) is 19.0 Å². The van der Waals surface area contributed by atoms with Crippen molar-refractivity contribution in [3.8, 4) is 11.3 Å². The Labute approximate surface area is 150 Å². The summed E-state index contributed by atoms with van der Waals surface area (Å²) in [5.41, 5.74) is 3.14. The maximum Gasteiger partial charge on any atom is 0.255 e. The van der Waals surface area contributed by atoms with Crippen molar-refractivity contribution in [3.63, 3.8) is 0 Å². The molecule has 1 aliphatic rings. The quantitative estimate of drug-likeness (QED) is 0.719. The van der Waals surface area contributed by atoms with Gasteiger partial charge in [0.05, 0.1) is 5.69 Å². The highest BCUT2D eigenvalue weighted by Crippen LogP contribution is 2.25. The molecule has 0 atom stereocenters. The number of aryl methyl sites for hydroxylation is 2. The summed E-state index contributed by atoms with van der Waals surface area (Å²) in [6.07, 6.45) is 7.04. The second kappa shape index (κ2) is 6.69. The summed E-state index contributed by atoms with van der Waals surface area (Å²) in [7, 11) is 0. The van der Waals surface area contributed by atoms with E-state index in [0.717, 1.165) is 35.7 Å². The molecule has 2 aromatic heterocycles. The summed E-state index contributed by atoms with van der Waals surface area (Å²) in [6, 6.07) is 10.9. The molecule has 4 rings (SSSR count). The van der Waals surface area contributed by atoms with Gasteiger partial charge in [0, 0.05) is 42.2 Å². The van der Waals surface area contributed by atoms with E-state index in [2.05, 4.69) is 21.1 Å². The highest BCUT2D eigenvalue weighted by molar-refractivity contribution is 6.29. The number of rotatable bonds is 3. The SMILES string of the molecule is O=C(Nc1cccc(-c2cn3c(n2)CCCC3)c1)c1ccnc(Cl)c1. The van der Waals surface area contributed by atoms with E-state index in [1.807, 2.05) is 24.3 Å². The first kappa shape index (κ1) is 15.8. The molecule has 0 saturated heterocycles. The minimum atomic E-state index is -0.217. The van der Waals surface area contributed by atoms with E-state index < -0.39 is 0 Å². The Morgan fingerprint density at radius 2 is 2.12 bits per heavy atom. The second-order valence-electron chi connectivity index (χ2n) is 6.10. The van der Waals surface area contributed by atoms with Crippen LogP contribution in [0.3, 0.4) is 0 Å². The van der Waals surface area contributed by atoms with Crippen LogP contribution >= 0.6 is 11.6 Å². The van der Waals surface area contributed by atoms with Crippen molar-refractivity contribution in [1.29, 1.82) is 0 Å². The Kier molecular flexibility index (Phi) is 4.24. The lowest BCUT2D eigenvalue weighted by Crippen LogP contribution is -2.11. The molecule has 1 aromatic carbocycles. The van der Waals surface area contributed by atoms with Crippen molar-refractivity contribution in [2.75, 3.05) is 5.32 Å². The van der Waals surface area contributed by atoms with E-state index in [4.69, 9.17) is 16.6 Å². The molecule has 1 N–H and O–H groups in total. The molecule has 0 fully saturated rings. The van der Waals surface area contributed by atoms with Crippen LogP contribution in [0.2, 0.25) is 5.15 Å². The molecule has 0 radical (unpaired) electrons. The van der Waals surface area contributed by atoms with Crippen LogP contribution in [0.15, 0.2) is 48.8 Å². The van der Waals surface area contributed by atoms with Crippen molar-refractivity contribution in [1.82, 2.24) is 14.5 Å². The molecular weight excluding hydrogens is 336 g/mol. The molecule has 126 valence electrons. The molecule has 0 bridgehead atoms. The van der Waals surface area contributed by atoms with E-state index in [0.29, 0.717) is 10.7 Å². The third kappa shape index (κ3) is 3.42. The molecule has 3 aromatic rings. The number of fused-ring (bicyclic) bond motifs is 1. The van der Waals surface area contributed by atoms with Gasteiger partial charge in [0.2, 0.25) is 0 Å². The number of benzene rings is 1. The number of aromatic nitrogens is 3. The molecular formula is C19H17ClN4O. The number of carbonyl (C=O) groups excluding carboxylic acids is 1. The first-order valence-corrected chi connectivity index (χ1v) is 8.66. The Hall–Kier alpha value is -2.66. The van der Waals surface area contributed by atoms with Crippen molar-refractivity contribution in [2.24, 2.45) is 0 Å². The summed E-state index contributed by atoms with van der Waals surface area (Å²) in [5, 5.41) is 3.19. The minimum absolute atomic E-state index is 0.217. The van der Waals surface area contributed by atoms with Gasteiger partial charge in [-0.15, -0.1) is 0 Å². The zero-order valence-corrected chi connectivity index (χ0v) is 14.3. The van der Waals surface area contributed by atoms with Gasteiger partial charge in [-0.05, 0) is 37.1 Å². The molecule has 0 spiro atoms. The molecule has 1 amide bonds. The number of nitrogens with one attached hydrogen (secondary N) is 1. The molecule has 5 nitrogen and oxygen atoms in total. The maximum absolute atomic E-state index is 12.4. The van der Waals surface area contributed by atoms with Crippen LogP contribution in [0, 0.1) is 0 Å². The highest BCUT2D eigenvalue weighted by Gasteiger charge is 2.14. The maximum atomic E-state index is 12.4. The lowest BCUT2D eigenvalue weighted by atomic mass is 10.1. The number of nitrogens with zero attached hydrogens (tertiary/aromatic N) is 3. The molecule has 25 heavy (non-hydrogen) atoms. The van der Waals surface area contributed by atoms with E-state index in [9.17, 15) is 4.79 Å². The van der Waals surface area contributed by atoms with Crippen LogP contribution in [0.4, 0.5) is 5.69 Å². The standard InChI is InChI=1S/C19H17ClN4O/c20-17-11-14(7-8-21-17)19(25)22-15-5-3-4-13(10-15)16-12-24-9-2-1-6-18(24)23-16/h3-5,7-8,10-12H,1-2,6,9H2,(H,22,25). The van der Waals surface area contributed by atoms with E-state index in [-0.39, 0.29) is 5.91 Å². The summed E-state index contributed by atoms with van der Waals surface area (Å²) in [6.45, 7) is 1.03. The first-order valence-electron chi connectivity index (χ1n) is 8.28. The van der Waals surface area contributed by atoms with Gasteiger partial charge in [0.25, 0.3) is 5.91 Å². The minimum Gasteiger partial charge on any atom is -0.334 e. The number of pyridine rings is 1. The van der Waals surface area contributed by atoms with Crippen molar-refractivity contribution in [3.05, 3.63) is 65.3 Å². The third-order valence-electron chi connectivity index (χ3n) is 4.31. The average molecular weight is 353 g/mol. The van der Waals surface area contributed by atoms with Gasteiger partial charge in [-0.2, -0.15) is 0 Å². The Balaban J connectivity index is 1.57. The van der Waals surface area contributed by atoms with Crippen molar-refractivity contribution < 1.29 is 4.79 Å². The molecule has 0 aliphatic carbocycles. The topological polar surface area (TPSA) is 59.8 Å². The van der Waals surface area contributed by atoms with Crippen molar-refractivity contribution in [2.45, 2.75) is 25.8 Å². The predicted octanol–water partition coefficient (Wildman–Crippen LogP) is 4.19. The highest BCUT2D eigenvalue weighted by atomic mass is 35.5. The van der Waals surface area contributed by atoms with Gasteiger partial charge < -0.3 is 9.88 Å². The zero-order chi connectivity index (χ0) is 17.2. The fourth-order valence-electron chi connectivity index (χ4n) is 3.05. The largest absolute Gasteiger partial charge is 0.334 e. The predicted molar refractivity (Wildman–Crippen MR) is 97.8 cm³/mol. The molecule has 3 heterocycles. The van der Waals surface area contributed by atoms with Crippen LogP contribution in [0.25, 0.3) is 11.3 Å². The summed E-state index contributed by atoms with van der Waals surface area (Å²) < 4.78 is 2.23. The van der Waals surface area contributed by atoms with Crippen LogP contribution in [0.5, 0.6) is 0 Å². The molecule has 1 aliphatic heterocycles. The Morgan fingerprint density at radius 3 is 2.96 bits per heavy atom. The number of hydrogen-bond donors (Lipinski definition) is 1. The Bertz CT molecular complexity index is 911. The van der Waals surface area contributed by atoms with Crippen LogP contribution < -0.4 is 5.32 Å². The Morgan fingerprint density at radius 1 is 1.20 bits per heavy atom. The normalized spacial score (nSPS) is 13.3.